The summed E-state index contributed by atoms with van der Waals surface area (Å²) in [7, 11) is -4.51. The van der Waals surface area contributed by atoms with Gasteiger partial charge < -0.3 is 15.2 Å². The number of rotatable bonds is 8. The van der Waals surface area contributed by atoms with Crippen LogP contribution in [0.25, 0.3) is 10.8 Å². The van der Waals surface area contributed by atoms with Crippen LogP contribution in [0.3, 0.4) is 0 Å². The second-order valence-corrected chi connectivity index (χ2v) is 10.4. The average Bonchev–Trinajstić information content (AvgIpc) is 2.90. The van der Waals surface area contributed by atoms with Crippen molar-refractivity contribution in [2.45, 2.75) is 25.2 Å². The molecule has 0 heterocycles. The van der Waals surface area contributed by atoms with Gasteiger partial charge in [-0.2, -0.15) is 13.5 Å². The summed E-state index contributed by atoms with van der Waals surface area (Å²) in [6.07, 6.45) is 0.257. The van der Waals surface area contributed by atoms with Crippen molar-refractivity contribution in [3.8, 4) is 11.5 Å². The van der Waals surface area contributed by atoms with Gasteiger partial charge in [-0.25, -0.2) is 0 Å². The van der Waals surface area contributed by atoms with Gasteiger partial charge in [-0.3, -0.25) is 9.35 Å². The van der Waals surface area contributed by atoms with Crippen molar-refractivity contribution in [1.82, 2.24) is 0 Å². The Bertz CT molecular complexity index is 1730. The normalized spacial score (nSPS) is 11.4. The molecule has 0 bridgehead atoms. The zero-order valence-electron chi connectivity index (χ0n) is 21.7. The molecule has 0 saturated heterocycles. The van der Waals surface area contributed by atoms with Crippen LogP contribution in [0.15, 0.2) is 75.8 Å². The van der Waals surface area contributed by atoms with Gasteiger partial charge in [-0.1, -0.05) is 66.2 Å². The van der Waals surface area contributed by atoms with E-state index in [2.05, 4.69) is 15.5 Å². The van der Waals surface area contributed by atoms with Crippen LogP contribution in [0, 0.1) is 0 Å². The van der Waals surface area contributed by atoms with Crippen LogP contribution in [0.2, 0.25) is 10.0 Å². The van der Waals surface area contributed by atoms with E-state index in [-0.39, 0.29) is 79.1 Å². The van der Waals surface area contributed by atoms with E-state index in [4.69, 9.17) is 27.9 Å². The average molecular weight is 610 g/mol. The number of azo groups is 1. The number of fused-ring (bicyclic) bond motifs is 1. The SMILES string of the molecule is CCOc1cccc(NC(=O)c2cc3ccccc3c(N=Nc3cc(CC)c(S(=O)(=O)O)cc3Cl)c2[O-])c1Cl.[Na+]. The first-order chi connectivity index (χ1) is 18.5. The van der Waals surface area contributed by atoms with Crippen molar-refractivity contribution in [2.75, 3.05) is 11.9 Å². The molecule has 2 N–H and O–H groups in total. The summed E-state index contributed by atoms with van der Waals surface area (Å²) < 4.78 is 38.4. The van der Waals surface area contributed by atoms with Gasteiger partial charge in [0.15, 0.2) is 0 Å². The van der Waals surface area contributed by atoms with Crippen molar-refractivity contribution in [3.05, 3.63) is 81.8 Å². The Morgan fingerprint density at radius 3 is 2.45 bits per heavy atom. The molecular formula is C27H22Cl2N3NaO6S. The number of hydrogen-bond acceptors (Lipinski definition) is 7. The molecule has 4 rings (SSSR count). The molecule has 0 fully saturated rings. The third-order valence-corrected chi connectivity index (χ3v) is 7.41. The predicted molar refractivity (Wildman–Crippen MR) is 149 cm³/mol. The Kier molecular flexibility index (Phi) is 10.6. The molecule has 4 aromatic carbocycles. The molecule has 0 unspecified atom stereocenters. The van der Waals surface area contributed by atoms with Crippen LogP contribution in [0.5, 0.6) is 11.5 Å². The van der Waals surface area contributed by atoms with Crippen molar-refractivity contribution < 1.29 is 57.2 Å². The number of halogens is 2. The van der Waals surface area contributed by atoms with Crippen LogP contribution in [-0.2, 0) is 16.5 Å². The third-order valence-electron chi connectivity index (χ3n) is 5.78. The first kappa shape index (κ1) is 31.8. The van der Waals surface area contributed by atoms with Crippen LogP contribution in [-0.4, -0.2) is 25.5 Å². The second kappa shape index (κ2) is 13.3. The fraction of sp³-hybridized carbons (Fsp3) is 0.148. The Balaban J connectivity index is 0.00000441. The van der Waals surface area contributed by atoms with E-state index in [1.54, 1.807) is 56.3 Å². The van der Waals surface area contributed by atoms with E-state index in [0.29, 0.717) is 23.1 Å². The monoisotopic (exact) mass is 609 g/mol. The van der Waals surface area contributed by atoms with E-state index >= 15 is 0 Å². The maximum Gasteiger partial charge on any atom is 1.00 e. The fourth-order valence-electron chi connectivity index (χ4n) is 3.93. The van der Waals surface area contributed by atoms with Gasteiger partial charge in [0.25, 0.3) is 16.0 Å². The van der Waals surface area contributed by atoms with Gasteiger partial charge in [-0.05, 0) is 54.6 Å². The number of benzene rings is 4. The molecule has 0 aromatic heterocycles. The smallest absolute Gasteiger partial charge is 0.870 e. The first-order valence-electron chi connectivity index (χ1n) is 11.7. The minimum atomic E-state index is -4.51. The Morgan fingerprint density at radius 1 is 1.05 bits per heavy atom. The Labute approximate surface area is 263 Å². The van der Waals surface area contributed by atoms with E-state index < -0.39 is 21.8 Å². The second-order valence-electron chi connectivity index (χ2n) is 8.27. The van der Waals surface area contributed by atoms with E-state index in [1.165, 1.54) is 12.1 Å². The summed E-state index contributed by atoms with van der Waals surface area (Å²) >= 11 is 12.6. The molecular weight excluding hydrogens is 588 g/mol. The molecule has 0 saturated carbocycles. The zero-order chi connectivity index (χ0) is 28.3. The molecule has 0 aliphatic heterocycles. The van der Waals surface area contributed by atoms with Crippen molar-refractivity contribution >= 4 is 67.1 Å². The zero-order valence-corrected chi connectivity index (χ0v) is 26.1. The topological polar surface area (TPSA) is 140 Å². The number of nitrogens with one attached hydrogen (secondary N) is 1. The van der Waals surface area contributed by atoms with E-state index in [0.717, 1.165) is 6.07 Å². The molecule has 0 spiro atoms. The van der Waals surface area contributed by atoms with Gasteiger partial charge in [0.2, 0.25) is 0 Å². The molecule has 1 amide bonds. The quantitative estimate of drug-likeness (QED) is 0.175. The molecule has 13 heteroatoms. The number of hydrogen-bond donors (Lipinski definition) is 2. The predicted octanol–water partition coefficient (Wildman–Crippen LogP) is 4.10. The number of amides is 1. The molecule has 40 heavy (non-hydrogen) atoms. The third kappa shape index (κ3) is 6.77. The molecule has 202 valence electrons. The standard InChI is InChI=1S/C27H23Cl2N3O6S.Na/c1-3-15-13-21(19(28)14-23(15)39(35,36)37)31-32-25-17-9-6-5-8-16(17)12-18(26(25)33)27(34)30-20-10-7-11-22(24(20)29)38-4-2;/h5-14,33H,3-4H2,1-2H3,(H,30,34)(H,35,36,37);/q;+1/p-1. The Hall–Kier alpha value is -2.70. The number of carbonyl (C=O) groups is 1. The van der Waals surface area contributed by atoms with Crippen LogP contribution in [0.4, 0.5) is 17.1 Å². The van der Waals surface area contributed by atoms with E-state index in [9.17, 15) is 22.9 Å². The maximum atomic E-state index is 13.5. The maximum absolute atomic E-state index is 13.5. The summed E-state index contributed by atoms with van der Waals surface area (Å²) in [6.45, 7) is 3.87. The van der Waals surface area contributed by atoms with Gasteiger partial charge in [-0.15, -0.1) is 5.11 Å². The fourth-order valence-corrected chi connectivity index (χ4v) is 5.22. The summed E-state index contributed by atoms with van der Waals surface area (Å²) in [4.78, 5) is 12.9. The van der Waals surface area contributed by atoms with Crippen LogP contribution < -0.4 is 44.7 Å². The summed E-state index contributed by atoms with van der Waals surface area (Å²) in [5.74, 6) is -1.01. The molecule has 0 aliphatic carbocycles. The largest absolute Gasteiger partial charge is 1.00 e. The number of carbonyl (C=O) groups excluding carboxylic acids is 1. The van der Waals surface area contributed by atoms with Crippen LogP contribution >= 0.6 is 23.2 Å². The molecule has 9 nitrogen and oxygen atoms in total. The van der Waals surface area contributed by atoms with Crippen molar-refractivity contribution in [1.29, 1.82) is 0 Å². The van der Waals surface area contributed by atoms with Crippen molar-refractivity contribution in [3.63, 3.8) is 0 Å². The minimum absolute atomic E-state index is 0. The summed E-state index contributed by atoms with van der Waals surface area (Å²) in [5.41, 5.74) is 0.310. The molecule has 0 aliphatic rings. The van der Waals surface area contributed by atoms with Gasteiger partial charge in [0.05, 0.1) is 27.9 Å². The molecule has 4 aromatic rings. The number of ether oxygens (including phenoxy) is 1. The number of aryl methyl sites for hydroxylation is 1. The van der Waals surface area contributed by atoms with Gasteiger partial charge in [0.1, 0.15) is 16.5 Å². The first-order valence-corrected chi connectivity index (χ1v) is 13.9. The van der Waals surface area contributed by atoms with Crippen molar-refractivity contribution in [2.24, 2.45) is 10.2 Å². The van der Waals surface area contributed by atoms with E-state index in [1.807, 2.05) is 0 Å². The van der Waals surface area contributed by atoms with Gasteiger partial charge >= 0.3 is 29.6 Å². The molecule has 0 radical (unpaired) electrons. The molecule has 0 atom stereocenters. The summed E-state index contributed by atoms with van der Waals surface area (Å²) in [5, 5.41) is 25.4. The Morgan fingerprint density at radius 2 is 1.77 bits per heavy atom. The summed E-state index contributed by atoms with van der Waals surface area (Å²) in [6, 6.07) is 15.6. The number of nitrogens with zero attached hydrogens (tertiary/aromatic N) is 2. The number of anilines is 1. The van der Waals surface area contributed by atoms with Gasteiger partial charge in [0, 0.05) is 10.9 Å². The van der Waals surface area contributed by atoms with Crippen LogP contribution in [0.1, 0.15) is 29.8 Å². The minimum Gasteiger partial charge on any atom is -0.870 e.